The Balaban J connectivity index is 1.97. The zero-order chi connectivity index (χ0) is 19.3. The lowest BCUT2D eigenvalue weighted by Gasteiger charge is -2.25. The number of halogens is 3. The monoisotopic (exact) mass is 416 g/mol. The molecular formula is C20H11Cl3N2O2. The molecule has 1 aliphatic rings. The highest BCUT2D eigenvalue weighted by Gasteiger charge is 2.34. The van der Waals surface area contributed by atoms with Crippen molar-refractivity contribution >= 4 is 63.6 Å². The lowest BCUT2D eigenvalue weighted by atomic mass is 9.82. The van der Waals surface area contributed by atoms with Crippen molar-refractivity contribution < 1.29 is 9.59 Å². The second kappa shape index (κ2) is 6.57. The van der Waals surface area contributed by atoms with Crippen molar-refractivity contribution in [1.29, 1.82) is 0 Å². The Morgan fingerprint density at radius 3 is 2.04 bits per heavy atom. The van der Waals surface area contributed by atoms with Crippen molar-refractivity contribution in [3.8, 4) is 0 Å². The van der Waals surface area contributed by atoms with Crippen molar-refractivity contribution in [3.63, 3.8) is 0 Å². The van der Waals surface area contributed by atoms with Crippen LogP contribution in [0.3, 0.4) is 0 Å². The highest BCUT2D eigenvalue weighted by Crippen LogP contribution is 2.43. The minimum atomic E-state index is -0.327. The molecule has 0 fully saturated rings. The third kappa shape index (κ3) is 2.69. The standard InChI is InChI=1S/C20H11Cl3N2O2/c21-12-6-3-7-15(18(12)22)25(23)14-9-8-13(24)16-17(14)20(27)11-5-2-1-4-10(11)19(16)26/h1-9H,24H2. The predicted molar refractivity (Wildman–Crippen MR) is 109 cm³/mol. The Hall–Kier alpha value is -2.53. The number of rotatable bonds is 2. The molecule has 0 amide bonds. The van der Waals surface area contributed by atoms with E-state index in [1.54, 1.807) is 54.6 Å². The number of nitrogens with zero attached hydrogens (tertiary/aromatic N) is 1. The number of hydrogen-bond acceptors (Lipinski definition) is 4. The van der Waals surface area contributed by atoms with Crippen LogP contribution in [0.4, 0.5) is 17.1 Å². The van der Waals surface area contributed by atoms with Gasteiger partial charge in [0, 0.05) is 28.6 Å². The van der Waals surface area contributed by atoms with Crippen LogP contribution in [0.5, 0.6) is 0 Å². The van der Waals surface area contributed by atoms with Gasteiger partial charge in [0.25, 0.3) is 0 Å². The molecule has 1 aliphatic carbocycles. The molecule has 0 saturated carbocycles. The van der Waals surface area contributed by atoms with Gasteiger partial charge in [0.2, 0.25) is 0 Å². The van der Waals surface area contributed by atoms with Crippen LogP contribution in [0.2, 0.25) is 10.0 Å². The average Bonchev–Trinajstić information content (AvgIpc) is 2.67. The van der Waals surface area contributed by atoms with Gasteiger partial charge in [-0.1, -0.05) is 53.5 Å². The van der Waals surface area contributed by atoms with E-state index >= 15 is 0 Å². The molecule has 27 heavy (non-hydrogen) atoms. The van der Waals surface area contributed by atoms with E-state index in [1.165, 1.54) is 4.42 Å². The number of hydrogen-bond donors (Lipinski definition) is 1. The molecule has 0 radical (unpaired) electrons. The van der Waals surface area contributed by atoms with Gasteiger partial charge in [-0.3, -0.25) is 14.0 Å². The Bertz CT molecular complexity index is 1130. The molecule has 7 heteroatoms. The maximum atomic E-state index is 13.2. The Morgan fingerprint density at radius 2 is 1.37 bits per heavy atom. The summed E-state index contributed by atoms with van der Waals surface area (Å²) in [5.41, 5.74) is 7.84. The zero-order valence-corrected chi connectivity index (χ0v) is 15.9. The second-order valence-corrected chi connectivity index (χ2v) is 7.10. The highest BCUT2D eigenvalue weighted by atomic mass is 35.5. The number of carbonyl (C=O) groups is 2. The van der Waals surface area contributed by atoms with Crippen LogP contribution in [-0.4, -0.2) is 11.6 Å². The molecule has 134 valence electrons. The molecule has 4 rings (SSSR count). The Morgan fingerprint density at radius 1 is 0.741 bits per heavy atom. The summed E-state index contributed by atoms with van der Waals surface area (Å²) in [6.07, 6.45) is 0. The molecule has 3 aromatic carbocycles. The number of benzene rings is 3. The fourth-order valence-corrected chi connectivity index (χ4v) is 3.87. The van der Waals surface area contributed by atoms with E-state index < -0.39 is 0 Å². The fraction of sp³-hybridized carbons (Fsp3) is 0. The molecule has 2 N–H and O–H groups in total. The predicted octanol–water partition coefficient (Wildman–Crippen LogP) is 5.64. The van der Waals surface area contributed by atoms with Gasteiger partial charge in [-0.05, 0) is 24.3 Å². The van der Waals surface area contributed by atoms with Crippen molar-refractivity contribution in [2.24, 2.45) is 0 Å². The van der Waals surface area contributed by atoms with Crippen molar-refractivity contribution in [1.82, 2.24) is 0 Å². The van der Waals surface area contributed by atoms with Gasteiger partial charge in [-0.2, -0.15) is 0 Å². The van der Waals surface area contributed by atoms with E-state index in [1.807, 2.05) is 0 Å². The molecule has 0 unspecified atom stereocenters. The van der Waals surface area contributed by atoms with Crippen LogP contribution in [0.15, 0.2) is 54.6 Å². The van der Waals surface area contributed by atoms with Crippen molar-refractivity contribution in [2.45, 2.75) is 0 Å². The van der Waals surface area contributed by atoms with Crippen molar-refractivity contribution in [2.75, 3.05) is 10.2 Å². The molecular weight excluding hydrogens is 407 g/mol. The number of fused-ring (bicyclic) bond motifs is 2. The first kappa shape index (κ1) is 17.9. The lowest BCUT2D eigenvalue weighted by molar-refractivity contribution is 0.0980. The first-order chi connectivity index (χ1) is 12.9. The molecule has 4 nitrogen and oxygen atoms in total. The maximum absolute atomic E-state index is 13.2. The molecule has 0 spiro atoms. The van der Waals surface area contributed by atoms with E-state index in [4.69, 9.17) is 40.7 Å². The molecule has 0 heterocycles. The summed E-state index contributed by atoms with van der Waals surface area (Å²) >= 11 is 18.9. The van der Waals surface area contributed by atoms with Crippen LogP contribution in [0.25, 0.3) is 0 Å². The number of anilines is 3. The first-order valence-corrected chi connectivity index (χ1v) is 9.02. The smallest absolute Gasteiger partial charge is 0.196 e. The van der Waals surface area contributed by atoms with Gasteiger partial charge in [-0.15, -0.1) is 0 Å². The van der Waals surface area contributed by atoms with Gasteiger partial charge in [0.1, 0.15) is 0 Å². The minimum absolute atomic E-state index is 0.139. The largest absolute Gasteiger partial charge is 0.398 e. The summed E-state index contributed by atoms with van der Waals surface area (Å²) in [6.45, 7) is 0. The molecule has 0 atom stereocenters. The van der Waals surface area contributed by atoms with Crippen LogP contribution in [0.1, 0.15) is 31.8 Å². The zero-order valence-electron chi connectivity index (χ0n) is 13.7. The number of nitrogen functional groups attached to an aromatic ring is 1. The number of ketones is 2. The summed E-state index contributed by atoms with van der Waals surface area (Å²) in [4.78, 5) is 26.1. The maximum Gasteiger partial charge on any atom is 0.196 e. The summed E-state index contributed by atoms with van der Waals surface area (Å²) in [7, 11) is 0. The lowest BCUT2D eigenvalue weighted by Crippen LogP contribution is -2.24. The molecule has 0 aliphatic heterocycles. The molecule has 3 aromatic rings. The van der Waals surface area contributed by atoms with Gasteiger partial charge < -0.3 is 5.73 Å². The van der Waals surface area contributed by atoms with Gasteiger partial charge >= 0.3 is 0 Å². The van der Waals surface area contributed by atoms with Crippen LogP contribution < -0.4 is 10.2 Å². The quantitative estimate of drug-likeness (QED) is 0.338. The van der Waals surface area contributed by atoms with Gasteiger partial charge in [-0.25, -0.2) is 0 Å². The minimum Gasteiger partial charge on any atom is -0.398 e. The van der Waals surface area contributed by atoms with Gasteiger partial charge in [0.15, 0.2) is 11.6 Å². The third-order valence-electron chi connectivity index (χ3n) is 4.44. The summed E-state index contributed by atoms with van der Waals surface area (Å²) in [5.74, 6) is -0.645. The van der Waals surface area contributed by atoms with Gasteiger partial charge in [0.05, 0.1) is 32.5 Å². The number of carbonyl (C=O) groups excluding carboxylic acids is 2. The molecule has 0 saturated heterocycles. The van der Waals surface area contributed by atoms with E-state index in [-0.39, 0.29) is 33.4 Å². The van der Waals surface area contributed by atoms with E-state index in [9.17, 15) is 9.59 Å². The first-order valence-electron chi connectivity index (χ1n) is 7.92. The van der Waals surface area contributed by atoms with Crippen LogP contribution in [-0.2, 0) is 0 Å². The second-order valence-electron chi connectivity index (χ2n) is 5.98. The molecule has 0 aromatic heterocycles. The third-order valence-corrected chi connectivity index (χ3v) is 5.61. The average molecular weight is 418 g/mol. The SMILES string of the molecule is Nc1ccc(N(Cl)c2cccc(Cl)c2Cl)c2c1C(=O)c1ccccc1C2=O. The van der Waals surface area contributed by atoms with Crippen LogP contribution in [0, 0.1) is 0 Å². The summed E-state index contributed by atoms with van der Waals surface area (Å²) < 4.78 is 1.21. The number of nitrogens with two attached hydrogens (primary N) is 1. The highest BCUT2D eigenvalue weighted by molar-refractivity contribution is 6.45. The fourth-order valence-electron chi connectivity index (χ4n) is 3.17. The Kier molecular flexibility index (Phi) is 4.35. The van der Waals surface area contributed by atoms with Crippen molar-refractivity contribution in [3.05, 3.63) is 86.9 Å². The van der Waals surface area contributed by atoms with Crippen LogP contribution >= 0.6 is 35.0 Å². The Labute approximate surface area is 170 Å². The summed E-state index contributed by atoms with van der Waals surface area (Å²) in [5, 5.41) is 0.548. The molecule has 0 bridgehead atoms. The summed E-state index contributed by atoms with van der Waals surface area (Å²) in [6, 6.07) is 14.7. The normalized spacial score (nSPS) is 12.6. The topological polar surface area (TPSA) is 63.4 Å². The van der Waals surface area contributed by atoms with E-state index in [0.717, 1.165) is 0 Å². The van der Waals surface area contributed by atoms with E-state index in [2.05, 4.69) is 0 Å². The van der Waals surface area contributed by atoms with E-state index in [0.29, 0.717) is 27.5 Å².